The summed E-state index contributed by atoms with van der Waals surface area (Å²) in [6.07, 6.45) is -0.190. The lowest BCUT2D eigenvalue weighted by Crippen LogP contribution is -2.37. The normalized spacial score (nSPS) is 13.6. The number of sulfonamides is 1. The zero-order valence-electron chi connectivity index (χ0n) is 8.19. The number of aliphatic hydroxyl groups excluding tert-OH is 1. The number of carbonyl (C=O) groups is 1. The van der Waals surface area contributed by atoms with Gasteiger partial charge in [0, 0.05) is 6.04 Å². The molecule has 0 bridgehead atoms. The molecule has 0 heterocycles. The topological polar surface area (TPSA) is 92.7 Å². The Morgan fingerprint density at radius 2 is 2.14 bits per heavy atom. The Kier molecular flexibility index (Phi) is 5.66. The number of hydrogen-bond acceptors (Lipinski definition) is 5. The van der Waals surface area contributed by atoms with E-state index in [4.69, 9.17) is 5.11 Å². The second-order valence-electron chi connectivity index (χ2n) is 2.85. The number of hydrogen-bond donors (Lipinski definition) is 2. The van der Waals surface area contributed by atoms with Gasteiger partial charge < -0.3 is 9.84 Å². The van der Waals surface area contributed by atoms with Crippen molar-refractivity contribution in [1.29, 1.82) is 0 Å². The molecule has 0 aromatic rings. The number of methoxy groups -OCH3 is 1. The number of rotatable bonds is 6. The van der Waals surface area contributed by atoms with Crippen molar-refractivity contribution in [3.63, 3.8) is 0 Å². The first-order chi connectivity index (χ1) is 6.41. The molecule has 6 nitrogen and oxygen atoms in total. The highest BCUT2D eigenvalue weighted by Crippen LogP contribution is 1.94. The van der Waals surface area contributed by atoms with Gasteiger partial charge in [-0.05, 0) is 6.92 Å². The predicted molar refractivity (Wildman–Crippen MR) is 50.1 cm³/mol. The largest absolute Gasteiger partial charge is 0.469 e. The van der Waals surface area contributed by atoms with Crippen molar-refractivity contribution in [1.82, 2.24) is 4.72 Å². The van der Waals surface area contributed by atoms with E-state index < -0.39 is 22.0 Å². The molecule has 0 aromatic carbocycles. The smallest absolute Gasteiger partial charge is 0.306 e. The van der Waals surface area contributed by atoms with E-state index in [9.17, 15) is 13.2 Å². The second kappa shape index (κ2) is 5.94. The van der Waals surface area contributed by atoms with Crippen molar-refractivity contribution < 1.29 is 23.1 Å². The minimum atomic E-state index is -3.51. The highest BCUT2D eigenvalue weighted by molar-refractivity contribution is 7.89. The molecule has 0 saturated heterocycles. The van der Waals surface area contributed by atoms with Crippen LogP contribution < -0.4 is 4.72 Å². The van der Waals surface area contributed by atoms with Crippen LogP contribution in [-0.2, 0) is 19.6 Å². The highest BCUT2D eigenvalue weighted by Gasteiger charge is 2.15. The molecule has 84 valence electrons. The Hall–Kier alpha value is -0.660. The molecule has 0 radical (unpaired) electrons. The Morgan fingerprint density at radius 1 is 1.57 bits per heavy atom. The molecule has 0 aliphatic carbocycles. The van der Waals surface area contributed by atoms with Crippen LogP contribution >= 0.6 is 0 Å². The summed E-state index contributed by atoms with van der Waals surface area (Å²) in [5.41, 5.74) is 0. The van der Waals surface area contributed by atoms with Gasteiger partial charge in [0.15, 0.2) is 0 Å². The second-order valence-corrected chi connectivity index (χ2v) is 4.72. The highest BCUT2D eigenvalue weighted by atomic mass is 32.2. The van der Waals surface area contributed by atoms with Crippen LogP contribution in [0, 0.1) is 0 Å². The van der Waals surface area contributed by atoms with Crippen LogP contribution in [0.5, 0.6) is 0 Å². The summed E-state index contributed by atoms with van der Waals surface area (Å²) >= 11 is 0. The molecular formula is C7H15NO5S. The third-order valence-corrected chi connectivity index (χ3v) is 2.96. The lowest BCUT2D eigenvalue weighted by atomic mass is 10.4. The molecule has 0 fully saturated rings. The van der Waals surface area contributed by atoms with Gasteiger partial charge in [-0.25, -0.2) is 13.1 Å². The zero-order chi connectivity index (χ0) is 11.2. The quantitative estimate of drug-likeness (QED) is 0.557. The van der Waals surface area contributed by atoms with Crippen LogP contribution in [0.3, 0.4) is 0 Å². The predicted octanol–water partition coefficient (Wildman–Crippen LogP) is -1.15. The van der Waals surface area contributed by atoms with Crippen LogP contribution in [-0.4, -0.2) is 45.0 Å². The Labute approximate surface area is 83.3 Å². The van der Waals surface area contributed by atoms with E-state index in [1.54, 1.807) is 0 Å². The van der Waals surface area contributed by atoms with E-state index in [0.29, 0.717) is 0 Å². The van der Waals surface area contributed by atoms with Gasteiger partial charge in [0.25, 0.3) is 0 Å². The zero-order valence-corrected chi connectivity index (χ0v) is 9.00. The summed E-state index contributed by atoms with van der Waals surface area (Å²) in [7, 11) is -2.32. The van der Waals surface area contributed by atoms with Crippen molar-refractivity contribution in [2.75, 3.05) is 19.5 Å². The molecule has 0 spiro atoms. The van der Waals surface area contributed by atoms with Gasteiger partial charge in [-0.2, -0.15) is 0 Å². The molecule has 0 aromatic heterocycles. The van der Waals surface area contributed by atoms with E-state index in [1.807, 2.05) is 0 Å². The van der Waals surface area contributed by atoms with Gasteiger partial charge in [0.05, 0.1) is 25.9 Å². The number of esters is 1. The Morgan fingerprint density at radius 3 is 2.57 bits per heavy atom. The van der Waals surface area contributed by atoms with E-state index in [0.717, 1.165) is 0 Å². The molecule has 2 N–H and O–H groups in total. The molecule has 0 saturated carbocycles. The fraction of sp³-hybridized carbons (Fsp3) is 0.857. The van der Waals surface area contributed by atoms with Gasteiger partial charge in [0.1, 0.15) is 0 Å². The summed E-state index contributed by atoms with van der Waals surface area (Å²) in [5, 5.41) is 8.60. The molecule has 0 amide bonds. The van der Waals surface area contributed by atoms with Gasteiger partial charge >= 0.3 is 5.97 Å². The molecule has 1 unspecified atom stereocenters. The average molecular weight is 225 g/mol. The van der Waals surface area contributed by atoms with Gasteiger partial charge in [-0.1, -0.05) is 0 Å². The number of ether oxygens (including phenoxy) is 1. The molecule has 0 aliphatic heterocycles. The lowest BCUT2D eigenvalue weighted by molar-refractivity contribution is -0.140. The molecule has 1 atom stereocenters. The first-order valence-electron chi connectivity index (χ1n) is 4.09. The lowest BCUT2D eigenvalue weighted by Gasteiger charge is -2.10. The summed E-state index contributed by atoms with van der Waals surface area (Å²) in [5.74, 6) is -0.906. The van der Waals surface area contributed by atoms with E-state index in [-0.39, 0.29) is 18.8 Å². The monoisotopic (exact) mass is 225 g/mol. The standard InChI is InChI=1S/C7H15NO5S/c1-6(5-9)8-14(11,12)4-3-7(10)13-2/h6,8-9H,3-5H2,1-2H3. The summed E-state index contributed by atoms with van der Waals surface area (Å²) in [6, 6.07) is -0.544. The maximum atomic E-state index is 11.2. The van der Waals surface area contributed by atoms with Crippen molar-refractivity contribution in [3.8, 4) is 0 Å². The fourth-order valence-corrected chi connectivity index (χ4v) is 1.96. The molecule has 7 heteroatoms. The van der Waals surface area contributed by atoms with E-state index in [2.05, 4.69) is 9.46 Å². The minimum Gasteiger partial charge on any atom is -0.469 e. The van der Waals surface area contributed by atoms with Crippen molar-refractivity contribution in [2.24, 2.45) is 0 Å². The van der Waals surface area contributed by atoms with E-state index >= 15 is 0 Å². The third-order valence-electron chi connectivity index (χ3n) is 1.46. The summed E-state index contributed by atoms with van der Waals surface area (Å²) in [4.78, 5) is 10.6. The first kappa shape index (κ1) is 13.3. The van der Waals surface area contributed by atoms with Crippen LogP contribution in [0.1, 0.15) is 13.3 Å². The number of carbonyl (C=O) groups excluding carboxylic acids is 1. The van der Waals surface area contributed by atoms with Crippen LogP contribution in [0.2, 0.25) is 0 Å². The Bertz CT molecular complexity index is 274. The number of nitrogens with one attached hydrogen (secondary N) is 1. The summed E-state index contributed by atoms with van der Waals surface area (Å²) < 4.78 is 28.9. The fourth-order valence-electron chi connectivity index (χ4n) is 0.722. The van der Waals surface area contributed by atoms with Crippen molar-refractivity contribution in [3.05, 3.63) is 0 Å². The van der Waals surface area contributed by atoms with Crippen molar-refractivity contribution >= 4 is 16.0 Å². The summed E-state index contributed by atoms with van der Waals surface area (Å²) in [6.45, 7) is 1.24. The van der Waals surface area contributed by atoms with E-state index in [1.165, 1.54) is 14.0 Å². The average Bonchev–Trinajstić information content (AvgIpc) is 2.13. The molecule has 0 rings (SSSR count). The first-order valence-corrected chi connectivity index (χ1v) is 5.74. The molecule has 0 aliphatic rings. The van der Waals surface area contributed by atoms with Crippen LogP contribution in [0.15, 0.2) is 0 Å². The minimum absolute atomic E-state index is 0.190. The van der Waals surface area contributed by atoms with Gasteiger partial charge in [-0.3, -0.25) is 4.79 Å². The SMILES string of the molecule is COC(=O)CCS(=O)(=O)NC(C)CO. The number of aliphatic hydroxyl groups is 1. The van der Waals surface area contributed by atoms with Gasteiger partial charge in [0.2, 0.25) is 10.0 Å². The van der Waals surface area contributed by atoms with Gasteiger partial charge in [-0.15, -0.1) is 0 Å². The molecule has 14 heavy (non-hydrogen) atoms. The third kappa shape index (κ3) is 5.90. The Balaban J connectivity index is 4.02. The van der Waals surface area contributed by atoms with Crippen molar-refractivity contribution in [2.45, 2.75) is 19.4 Å². The maximum Gasteiger partial charge on any atom is 0.306 e. The van der Waals surface area contributed by atoms with Crippen LogP contribution in [0.25, 0.3) is 0 Å². The van der Waals surface area contributed by atoms with Crippen LogP contribution in [0.4, 0.5) is 0 Å². The maximum absolute atomic E-state index is 11.2. The molecular weight excluding hydrogens is 210 g/mol.